The molecule has 8 N–H and O–H groups in total. The molecule has 2 rings (SSSR count). The second-order valence-electron chi connectivity index (χ2n) is 11.3. The molecule has 0 unspecified atom stereocenters. The molecular weight excluding hydrogens is 633 g/mol. The van der Waals surface area contributed by atoms with Crippen LogP contribution in [0.4, 0.5) is 5.69 Å². The number of likely N-dealkylation sites (tertiary alicyclic amines) is 1. The number of benzene rings is 1. The van der Waals surface area contributed by atoms with Crippen molar-refractivity contribution in [3.8, 4) is 0 Å². The summed E-state index contributed by atoms with van der Waals surface area (Å²) in [5.74, 6) is -5.12. The van der Waals surface area contributed by atoms with Crippen molar-refractivity contribution in [2.24, 2.45) is 0 Å². The van der Waals surface area contributed by atoms with E-state index in [2.05, 4.69) is 16.0 Å². The van der Waals surface area contributed by atoms with Crippen molar-refractivity contribution in [3.63, 3.8) is 0 Å². The Balaban J connectivity index is 1.84. The first-order valence-electron chi connectivity index (χ1n) is 15.7. The van der Waals surface area contributed by atoms with Crippen molar-refractivity contribution in [2.75, 3.05) is 90.4 Å². The van der Waals surface area contributed by atoms with E-state index in [9.17, 15) is 49.0 Å². The highest BCUT2D eigenvalue weighted by atomic mass is 16.4. The lowest BCUT2D eigenvalue weighted by atomic mass is 9.78. The zero-order chi connectivity index (χ0) is 35.6. The van der Waals surface area contributed by atoms with E-state index in [4.69, 9.17) is 5.11 Å². The molecule has 18 nitrogen and oxygen atoms in total. The summed E-state index contributed by atoms with van der Waals surface area (Å²) in [4.78, 5) is 77.5. The largest absolute Gasteiger partial charge is 0.480 e. The Morgan fingerprint density at radius 2 is 1.40 bits per heavy atom. The number of nitrogens with one attached hydrogen (secondary N) is 3. The number of hydrogen-bond donors (Lipinski definition) is 8. The van der Waals surface area contributed by atoms with Crippen molar-refractivity contribution in [3.05, 3.63) is 29.8 Å². The van der Waals surface area contributed by atoms with Crippen molar-refractivity contribution < 1.29 is 54.1 Å². The minimum atomic E-state index is -1.65. The lowest BCUT2D eigenvalue weighted by Crippen LogP contribution is -2.48. The average Bonchev–Trinajstić information content (AvgIpc) is 3.52. The molecular formula is C29H46BN7O11. The number of carboxylic acids is 3. The van der Waals surface area contributed by atoms with E-state index in [0.29, 0.717) is 38.2 Å². The summed E-state index contributed by atoms with van der Waals surface area (Å²) in [6.45, 7) is 3.17. The molecule has 0 aliphatic carbocycles. The molecule has 0 saturated carbocycles. The maximum atomic E-state index is 12.8. The molecule has 1 fully saturated rings. The van der Waals surface area contributed by atoms with Gasteiger partial charge in [-0.3, -0.25) is 43.5 Å². The summed E-state index contributed by atoms with van der Waals surface area (Å²) < 4.78 is 0. The molecule has 1 aromatic rings. The van der Waals surface area contributed by atoms with Crippen LogP contribution in [0, 0.1) is 0 Å². The Morgan fingerprint density at radius 3 is 1.94 bits per heavy atom. The second-order valence-corrected chi connectivity index (χ2v) is 11.3. The van der Waals surface area contributed by atoms with Gasteiger partial charge in [0.15, 0.2) is 0 Å². The van der Waals surface area contributed by atoms with Crippen LogP contribution in [-0.4, -0.2) is 179 Å². The number of carbonyl (C=O) groups excluding carboxylic acids is 3. The van der Waals surface area contributed by atoms with Crippen LogP contribution in [0.3, 0.4) is 0 Å². The first-order chi connectivity index (χ1) is 22.8. The zero-order valence-corrected chi connectivity index (χ0v) is 27.0. The van der Waals surface area contributed by atoms with Crippen LogP contribution in [0.2, 0.25) is 0 Å². The standard InChI is InChI=1S/C29H46BN7O11/c1-2-34(12-13-36(20-28(44)45)15-14-35(19-27(42)43)11-9-31-17-26(40)41)18-24(38)33-22-7-5-21(6-8-22)29(46)32-16-25(39)37-10-3-4-23(37)30(47)48/h5-8,23,31,47-48H,2-4,9-20H2,1H3,(H,32,46)(H,33,38)(H,40,41)(H,42,43)(H,44,45)/t23-/m0/s1. The third-order valence-corrected chi connectivity index (χ3v) is 7.67. The maximum Gasteiger partial charge on any atom is 0.475 e. The van der Waals surface area contributed by atoms with Gasteiger partial charge in [0, 0.05) is 57.1 Å². The van der Waals surface area contributed by atoms with Crippen molar-refractivity contribution in [2.45, 2.75) is 25.7 Å². The number of amides is 3. The Bertz CT molecular complexity index is 1240. The van der Waals surface area contributed by atoms with E-state index >= 15 is 0 Å². The van der Waals surface area contributed by atoms with Crippen LogP contribution in [-0.2, 0) is 24.0 Å². The first-order valence-corrected chi connectivity index (χ1v) is 15.7. The summed E-state index contributed by atoms with van der Waals surface area (Å²) in [5.41, 5.74) is 0.692. The number of rotatable bonds is 23. The number of aliphatic carboxylic acids is 3. The third kappa shape index (κ3) is 15.2. The predicted octanol–water partition coefficient (Wildman–Crippen LogP) is -2.87. The Hall–Kier alpha value is -4.14. The van der Waals surface area contributed by atoms with Gasteiger partial charge in [-0.15, -0.1) is 0 Å². The molecule has 1 heterocycles. The lowest BCUT2D eigenvalue weighted by Gasteiger charge is -2.28. The monoisotopic (exact) mass is 679 g/mol. The molecule has 1 saturated heterocycles. The fourth-order valence-corrected chi connectivity index (χ4v) is 5.15. The van der Waals surface area contributed by atoms with Gasteiger partial charge in [-0.25, -0.2) is 0 Å². The summed E-state index contributed by atoms with van der Waals surface area (Å²) >= 11 is 0. The SMILES string of the molecule is CCN(CCN(CCN(CCNCC(=O)O)CC(=O)O)CC(=O)O)CC(=O)Nc1ccc(C(=O)NCC(=O)N2CCC[C@H]2B(O)O)cc1. The lowest BCUT2D eigenvalue weighted by molar-refractivity contribution is -0.140. The Labute approximate surface area is 278 Å². The average molecular weight is 680 g/mol. The van der Waals surface area contributed by atoms with Gasteiger partial charge in [0.25, 0.3) is 5.91 Å². The van der Waals surface area contributed by atoms with Crippen LogP contribution < -0.4 is 16.0 Å². The van der Waals surface area contributed by atoms with E-state index in [1.807, 2.05) is 11.8 Å². The summed E-state index contributed by atoms with van der Waals surface area (Å²) in [6, 6.07) is 6.06. The predicted molar refractivity (Wildman–Crippen MR) is 173 cm³/mol. The molecule has 19 heteroatoms. The van der Waals surface area contributed by atoms with E-state index < -0.39 is 42.8 Å². The van der Waals surface area contributed by atoms with Gasteiger partial charge in [-0.2, -0.15) is 0 Å². The summed E-state index contributed by atoms with van der Waals surface area (Å²) in [6.07, 6.45) is 1.11. The minimum absolute atomic E-state index is 0.00216. The third-order valence-electron chi connectivity index (χ3n) is 7.67. The van der Waals surface area contributed by atoms with Gasteiger partial charge in [0.2, 0.25) is 11.8 Å². The quantitative estimate of drug-likeness (QED) is 0.0428. The van der Waals surface area contributed by atoms with Gasteiger partial charge in [0.05, 0.1) is 38.7 Å². The number of nitrogens with zero attached hydrogens (tertiary/aromatic N) is 4. The van der Waals surface area contributed by atoms with Gasteiger partial charge in [-0.05, 0) is 43.7 Å². The number of carbonyl (C=O) groups is 6. The fraction of sp³-hybridized carbons (Fsp3) is 0.586. The minimum Gasteiger partial charge on any atom is -0.480 e. The van der Waals surface area contributed by atoms with Gasteiger partial charge in [0.1, 0.15) is 0 Å². The van der Waals surface area contributed by atoms with Crippen molar-refractivity contribution >= 4 is 48.4 Å². The number of carboxylic acid groups (broad SMARTS) is 3. The molecule has 1 aliphatic rings. The topological polar surface area (TPSA) is 253 Å². The van der Waals surface area contributed by atoms with Gasteiger partial charge < -0.3 is 46.2 Å². The van der Waals surface area contributed by atoms with Crippen LogP contribution >= 0.6 is 0 Å². The van der Waals surface area contributed by atoms with Crippen LogP contribution in [0.25, 0.3) is 0 Å². The molecule has 0 radical (unpaired) electrons. The first kappa shape index (κ1) is 40.0. The van der Waals surface area contributed by atoms with Gasteiger partial charge in [-0.1, -0.05) is 6.92 Å². The second kappa shape index (κ2) is 21.0. The molecule has 1 atom stereocenters. The highest BCUT2D eigenvalue weighted by molar-refractivity contribution is 6.43. The number of hydrogen-bond acceptors (Lipinski definition) is 12. The molecule has 3 amide bonds. The summed E-state index contributed by atoms with van der Waals surface area (Å²) in [7, 11) is -1.65. The maximum absolute atomic E-state index is 12.8. The van der Waals surface area contributed by atoms with Crippen molar-refractivity contribution in [1.82, 2.24) is 30.2 Å². The molecule has 0 spiro atoms. The van der Waals surface area contributed by atoms with Crippen molar-refractivity contribution in [1.29, 1.82) is 0 Å². The van der Waals surface area contributed by atoms with Crippen LogP contribution in [0.15, 0.2) is 24.3 Å². The zero-order valence-electron chi connectivity index (χ0n) is 27.0. The molecule has 48 heavy (non-hydrogen) atoms. The molecule has 1 aliphatic heterocycles. The van der Waals surface area contributed by atoms with E-state index in [1.165, 1.54) is 29.2 Å². The number of anilines is 1. The number of likely N-dealkylation sites (N-methyl/N-ethyl adjacent to an activating group) is 1. The van der Waals surface area contributed by atoms with Crippen LogP contribution in [0.1, 0.15) is 30.1 Å². The van der Waals surface area contributed by atoms with Crippen LogP contribution in [0.5, 0.6) is 0 Å². The smallest absolute Gasteiger partial charge is 0.475 e. The fourth-order valence-electron chi connectivity index (χ4n) is 5.15. The van der Waals surface area contributed by atoms with Gasteiger partial charge >= 0.3 is 25.0 Å². The van der Waals surface area contributed by atoms with E-state index in [0.717, 1.165) is 0 Å². The summed E-state index contributed by atoms with van der Waals surface area (Å²) in [5, 5.41) is 54.2. The van der Waals surface area contributed by atoms with E-state index in [1.54, 1.807) is 9.80 Å². The van der Waals surface area contributed by atoms with E-state index in [-0.39, 0.29) is 76.9 Å². The molecule has 266 valence electrons. The Morgan fingerprint density at radius 1 is 0.812 bits per heavy atom. The molecule has 0 bridgehead atoms. The Kier molecular flexibility index (Phi) is 17.5. The molecule has 0 aromatic heterocycles. The highest BCUT2D eigenvalue weighted by Gasteiger charge is 2.36. The molecule has 1 aromatic carbocycles. The highest BCUT2D eigenvalue weighted by Crippen LogP contribution is 2.18. The normalized spacial score (nSPS) is 14.4.